The van der Waals surface area contributed by atoms with Crippen molar-refractivity contribution in [3.8, 4) is 5.69 Å². The van der Waals surface area contributed by atoms with E-state index in [1.807, 2.05) is 27.8 Å². The molecule has 0 bridgehead atoms. The lowest BCUT2D eigenvalue weighted by Gasteiger charge is -2.32. The molecule has 5 rings (SSSR count). The van der Waals surface area contributed by atoms with Crippen molar-refractivity contribution in [3.05, 3.63) is 63.5 Å². The monoisotopic (exact) mass is 536 g/mol. The van der Waals surface area contributed by atoms with Gasteiger partial charge in [-0.2, -0.15) is 16.4 Å². The molecule has 1 fully saturated rings. The Hall–Kier alpha value is -2.58. The number of aromatic nitrogens is 2. The average molecular weight is 537 g/mol. The molecule has 8 heteroatoms. The summed E-state index contributed by atoms with van der Waals surface area (Å²) in [5.74, 6) is 1.66. The van der Waals surface area contributed by atoms with Gasteiger partial charge >= 0.3 is 0 Å². The maximum atomic E-state index is 13.8. The Balaban J connectivity index is 1.70. The molecule has 4 heterocycles. The Morgan fingerprint density at radius 2 is 1.86 bits per heavy atom. The van der Waals surface area contributed by atoms with Gasteiger partial charge in [-0.05, 0) is 59.7 Å². The first kappa shape index (κ1) is 26.0. The molecular formula is C29H36N4O2S2. The number of likely N-dealkylation sites (tertiary alicyclic amines) is 1. The summed E-state index contributed by atoms with van der Waals surface area (Å²) in [7, 11) is 0. The second kappa shape index (κ2) is 10.3. The van der Waals surface area contributed by atoms with Crippen LogP contribution in [0.2, 0.25) is 0 Å². The van der Waals surface area contributed by atoms with Gasteiger partial charge < -0.3 is 4.90 Å². The molecule has 1 aromatic carbocycles. The van der Waals surface area contributed by atoms with Crippen LogP contribution in [0, 0.1) is 12.8 Å². The van der Waals surface area contributed by atoms with Crippen LogP contribution in [0.1, 0.15) is 68.2 Å². The molecule has 0 radical (unpaired) electrons. The SMILES string of the molecule is Cc1ccccc1-n1nc(C(C)(C)C)c2c1N(CC(=O)N1CCC(C)CC1)C(=O)CS[C@@H]2c1ccsc1. The smallest absolute Gasteiger partial charge is 0.242 e. The Bertz CT molecular complexity index is 1280. The topological polar surface area (TPSA) is 58.4 Å². The number of anilines is 1. The zero-order valence-electron chi connectivity index (χ0n) is 22.4. The van der Waals surface area contributed by atoms with E-state index < -0.39 is 0 Å². The summed E-state index contributed by atoms with van der Waals surface area (Å²) in [5.41, 5.74) is 4.94. The summed E-state index contributed by atoms with van der Waals surface area (Å²) in [6.07, 6.45) is 2.02. The Morgan fingerprint density at radius 1 is 1.14 bits per heavy atom. The summed E-state index contributed by atoms with van der Waals surface area (Å²) in [6.45, 7) is 12.4. The van der Waals surface area contributed by atoms with E-state index in [1.54, 1.807) is 28.0 Å². The van der Waals surface area contributed by atoms with Crippen LogP contribution >= 0.6 is 23.1 Å². The molecule has 2 aromatic heterocycles. The first-order valence-corrected chi connectivity index (χ1v) is 15.1. The third kappa shape index (κ3) is 5.10. The van der Waals surface area contributed by atoms with Crippen molar-refractivity contribution >= 4 is 40.7 Å². The molecule has 0 spiro atoms. The van der Waals surface area contributed by atoms with E-state index in [-0.39, 0.29) is 29.0 Å². The lowest BCUT2D eigenvalue weighted by atomic mass is 9.87. The number of rotatable bonds is 4. The molecule has 0 unspecified atom stereocenters. The fourth-order valence-corrected chi connectivity index (χ4v) is 7.18. The molecule has 2 aliphatic heterocycles. The molecule has 37 heavy (non-hydrogen) atoms. The van der Waals surface area contributed by atoms with Crippen molar-refractivity contribution in [2.24, 2.45) is 5.92 Å². The van der Waals surface area contributed by atoms with Crippen LogP contribution in [0.15, 0.2) is 41.1 Å². The van der Waals surface area contributed by atoms with E-state index in [0.29, 0.717) is 11.7 Å². The number of hydrogen-bond donors (Lipinski definition) is 0. The van der Waals surface area contributed by atoms with E-state index in [1.165, 1.54) is 5.56 Å². The first-order chi connectivity index (χ1) is 17.6. The van der Waals surface area contributed by atoms with Crippen LogP contribution in [-0.2, 0) is 15.0 Å². The molecule has 196 valence electrons. The van der Waals surface area contributed by atoms with Crippen LogP contribution in [0.5, 0.6) is 0 Å². The molecular weight excluding hydrogens is 500 g/mol. The van der Waals surface area contributed by atoms with Crippen LogP contribution in [0.3, 0.4) is 0 Å². The number of aryl methyl sites for hydroxylation is 1. The van der Waals surface area contributed by atoms with E-state index in [9.17, 15) is 9.59 Å². The van der Waals surface area contributed by atoms with Gasteiger partial charge in [-0.1, -0.05) is 45.9 Å². The fraction of sp³-hybridized carbons (Fsp3) is 0.483. The highest BCUT2D eigenvalue weighted by atomic mass is 32.2. The molecule has 2 amide bonds. The number of hydrogen-bond acceptors (Lipinski definition) is 5. The number of nitrogens with zero attached hydrogens (tertiary/aromatic N) is 4. The highest BCUT2D eigenvalue weighted by molar-refractivity contribution is 8.00. The predicted molar refractivity (Wildman–Crippen MR) is 153 cm³/mol. The number of para-hydroxylation sites is 1. The van der Waals surface area contributed by atoms with Crippen molar-refractivity contribution in [1.29, 1.82) is 0 Å². The number of thioether (sulfide) groups is 1. The van der Waals surface area contributed by atoms with E-state index in [0.717, 1.165) is 54.3 Å². The van der Waals surface area contributed by atoms with Gasteiger partial charge in [-0.25, -0.2) is 4.68 Å². The molecule has 3 aromatic rings. The third-order valence-electron chi connectivity index (χ3n) is 7.42. The first-order valence-electron chi connectivity index (χ1n) is 13.1. The Labute approximate surface area is 228 Å². The zero-order valence-corrected chi connectivity index (χ0v) is 24.0. The van der Waals surface area contributed by atoms with Crippen molar-refractivity contribution < 1.29 is 9.59 Å². The summed E-state index contributed by atoms with van der Waals surface area (Å²) in [6, 6.07) is 10.3. The minimum Gasteiger partial charge on any atom is -0.341 e. The quantitative estimate of drug-likeness (QED) is 0.412. The minimum atomic E-state index is -0.251. The van der Waals surface area contributed by atoms with Crippen molar-refractivity contribution in [2.75, 3.05) is 30.3 Å². The second-order valence-corrected chi connectivity index (χ2v) is 13.2. The number of amides is 2. The number of thiophene rings is 1. The maximum absolute atomic E-state index is 13.8. The molecule has 0 aliphatic carbocycles. The summed E-state index contributed by atoms with van der Waals surface area (Å²) in [4.78, 5) is 31.0. The number of fused-ring (bicyclic) bond motifs is 1. The molecule has 6 nitrogen and oxygen atoms in total. The van der Waals surface area contributed by atoms with E-state index in [2.05, 4.69) is 57.5 Å². The third-order valence-corrected chi connectivity index (χ3v) is 9.38. The van der Waals surface area contributed by atoms with E-state index >= 15 is 0 Å². The van der Waals surface area contributed by atoms with Gasteiger partial charge in [0.05, 0.1) is 22.4 Å². The molecule has 1 atom stereocenters. The van der Waals surface area contributed by atoms with Gasteiger partial charge in [0.25, 0.3) is 0 Å². The maximum Gasteiger partial charge on any atom is 0.242 e. The number of benzene rings is 1. The molecule has 0 N–H and O–H groups in total. The van der Waals surface area contributed by atoms with Crippen molar-refractivity contribution in [2.45, 2.75) is 58.1 Å². The van der Waals surface area contributed by atoms with Crippen molar-refractivity contribution in [1.82, 2.24) is 14.7 Å². The van der Waals surface area contributed by atoms with Crippen LogP contribution in [0.4, 0.5) is 5.82 Å². The Morgan fingerprint density at radius 3 is 2.51 bits per heavy atom. The van der Waals surface area contributed by atoms with Crippen LogP contribution in [0.25, 0.3) is 5.69 Å². The normalized spacial score (nSPS) is 19.2. The number of carbonyl (C=O) groups is 2. The summed E-state index contributed by atoms with van der Waals surface area (Å²) >= 11 is 3.30. The summed E-state index contributed by atoms with van der Waals surface area (Å²) in [5, 5.41) is 9.42. The largest absolute Gasteiger partial charge is 0.341 e. The average Bonchev–Trinajstić information content (AvgIpc) is 3.50. The minimum absolute atomic E-state index is 0.0139. The molecule has 1 saturated heterocycles. The standard InChI is InChI=1S/C29H36N4O2S2/c1-19-10-13-31(14-11-19)23(34)16-32-24(35)18-37-26(21-12-15-36-17-21)25-27(29(3,4)5)30-33(28(25)32)22-9-7-6-8-20(22)2/h6-9,12,15,17,19,26H,10-11,13-14,16,18H2,1-5H3/t26-/m1/s1. The van der Waals surface area contributed by atoms with Crippen LogP contribution < -0.4 is 4.90 Å². The highest BCUT2D eigenvalue weighted by Gasteiger charge is 2.40. The predicted octanol–water partition coefficient (Wildman–Crippen LogP) is 5.97. The lowest BCUT2D eigenvalue weighted by molar-refractivity contribution is -0.132. The van der Waals surface area contributed by atoms with Gasteiger partial charge in [-0.15, -0.1) is 11.8 Å². The van der Waals surface area contributed by atoms with Crippen LogP contribution in [-0.4, -0.2) is 51.9 Å². The number of carbonyl (C=O) groups excluding carboxylic acids is 2. The van der Waals surface area contributed by atoms with Gasteiger partial charge in [0, 0.05) is 24.1 Å². The fourth-order valence-electron chi connectivity index (χ4n) is 5.22. The zero-order chi connectivity index (χ0) is 26.3. The van der Waals surface area contributed by atoms with Gasteiger partial charge in [0.2, 0.25) is 11.8 Å². The van der Waals surface area contributed by atoms with Gasteiger partial charge in [-0.3, -0.25) is 14.5 Å². The summed E-state index contributed by atoms with van der Waals surface area (Å²) < 4.78 is 1.93. The van der Waals surface area contributed by atoms with Gasteiger partial charge in [0.15, 0.2) is 0 Å². The van der Waals surface area contributed by atoms with Gasteiger partial charge in [0.1, 0.15) is 12.4 Å². The second-order valence-electron chi connectivity index (χ2n) is 11.3. The molecule has 2 aliphatic rings. The van der Waals surface area contributed by atoms with Crippen molar-refractivity contribution in [3.63, 3.8) is 0 Å². The molecule has 0 saturated carbocycles. The van der Waals surface area contributed by atoms with E-state index in [4.69, 9.17) is 5.10 Å². The Kier molecular flexibility index (Phi) is 7.24. The number of piperidine rings is 1. The highest BCUT2D eigenvalue weighted by Crippen LogP contribution is 2.49. The lowest BCUT2D eigenvalue weighted by Crippen LogP contribution is -2.46.